The van der Waals surface area contributed by atoms with Gasteiger partial charge in [-0.15, -0.1) is 6.58 Å². The second-order valence-corrected chi connectivity index (χ2v) is 9.46. The fourth-order valence-corrected chi connectivity index (χ4v) is 4.83. The van der Waals surface area contributed by atoms with E-state index in [4.69, 9.17) is 0 Å². The van der Waals surface area contributed by atoms with Crippen LogP contribution in [0.5, 0.6) is 0 Å². The van der Waals surface area contributed by atoms with Crippen molar-refractivity contribution in [2.45, 2.75) is 84.0 Å². The standard InChI is InChI=1S/C29H43N5O/c1-5-7-14-28(29(35)30-4)34-22-26-18-24(15-16-27(26)23(34)3)13-11-9-8-10-12-17-31-19-25-20-32-33(6-2)21-25/h5,15-16,18,20-21,28,31H,1,3,6-14,17,19,22H2,2,4H3,(H,30,35). The number of carbonyl (C=O) groups is 1. The van der Waals surface area contributed by atoms with E-state index in [2.05, 4.69) is 65.1 Å². The smallest absolute Gasteiger partial charge is 0.242 e. The molecule has 1 aliphatic rings. The predicted octanol–water partition coefficient (Wildman–Crippen LogP) is 5.05. The number of likely N-dealkylation sites (N-methyl/N-ethyl adjacent to an activating group) is 1. The predicted molar refractivity (Wildman–Crippen MR) is 145 cm³/mol. The Morgan fingerprint density at radius 3 is 2.74 bits per heavy atom. The SMILES string of the molecule is C=CCCC(C(=O)NC)N1Cc2cc(CCCCCCCNCc3cnn(CC)c3)ccc2C1=C. The van der Waals surface area contributed by atoms with Gasteiger partial charge in [-0.25, -0.2) is 0 Å². The van der Waals surface area contributed by atoms with E-state index in [1.165, 1.54) is 54.4 Å². The van der Waals surface area contributed by atoms with Crippen molar-refractivity contribution in [2.75, 3.05) is 13.6 Å². The first-order valence-electron chi connectivity index (χ1n) is 13.2. The third-order valence-electron chi connectivity index (χ3n) is 6.90. The van der Waals surface area contributed by atoms with Crippen LogP contribution in [0, 0.1) is 0 Å². The van der Waals surface area contributed by atoms with Crippen LogP contribution in [-0.2, 0) is 30.8 Å². The zero-order valence-corrected chi connectivity index (χ0v) is 21.7. The zero-order valence-electron chi connectivity index (χ0n) is 21.7. The van der Waals surface area contributed by atoms with Crippen molar-refractivity contribution < 1.29 is 4.79 Å². The Morgan fingerprint density at radius 2 is 2.00 bits per heavy atom. The fourth-order valence-electron chi connectivity index (χ4n) is 4.83. The second kappa shape index (κ2) is 13.9. The van der Waals surface area contributed by atoms with Crippen molar-refractivity contribution >= 4 is 11.6 Å². The number of benzene rings is 1. The van der Waals surface area contributed by atoms with Gasteiger partial charge >= 0.3 is 0 Å². The average Bonchev–Trinajstić information content (AvgIpc) is 3.47. The Balaban J connectivity index is 1.35. The van der Waals surface area contributed by atoms with Crippen LogP contribution in [0.4, 0.5) is 0 Å². The van der Waals surface area contributed by atoms with Crippen LogP contribution < -0.4 is 10.6 Å². The third-order valence-corrected chi connectivity index (χ3v) is 6.90. The molecule has 0 bridgehead atoms. The van der Waals surface area contributed by atoms with E-state index in [1.807, 2.05) is 17.0 Å². The highest BCUT2D eigenvalue weighted by molar-refractivity contribution is 5.84. The molecular formula is C29H43N5O. The van der Waals surface area contributed by atoms with Crippen LogP contribution in [0.15, 0.2) is 49.8 Å². The number of nitrogens with zero attached hydrogens (tertiary/aromatic N) is 3. The van der Waals surface area contributed by atoms with Gasteiger partial charge in [0.15, 0.2) is 0 Å². The average molecular weight is 478 g/mol. The van der Waals surface area contributed by atoms with E-state index < -0.39 is 0 Å². The van der Waals surface area contributed by atoms with Gasteiger partial charge in [-0.05, 0) is 56.7 Å². The zero-order chi connectivity index (χ0) is 25.0. The van der Waals surface area contributed by atoms with Crippen LogP contribution in [0.25, 0.3) is 5.70 Å². The first kappa shape index (κ1) is 26.7. The highest BCUT2D eigenvalue weighted by atomic mass is 16.2. The maximum absolute atomic E-state index is 12.5. The van der Waals surface area contributed by atoms with Crippen molar-refractivity contribution in [3.8, 4) is 0 Å². The molecule has 6 nitrogen and oxygen atoms in total. The van der Waals surface area contributed by atoms with E-state index in [9.17, 15) is 4.79 Å². The van der Waals surface area contributed by atoms with Gasteiger partial charge in [-0.1, -0.05) is 50.1 Å². The molecular weight excluding hydrogens is 434 g/mol. The molecule has 1 amide bonds. The number of nitrogens with one attached hydrogen (secondary N) is 2. The minimum absolute atomic E-state index is 0.0452. The normalized spacial score (nSPS) is 13.7. The molecule has 0 saturated heterocycles. The van der Waals surface area contributed by atoms with E-state index >= 15 is 0 Å². The highest BCUT2D eigenvalue weighted by Gasteiger charge is 2.31. The van der Waals surface area contributed by atoms with Gasteiger partial charge in [0, 0.05) is 49.7 Å². The summed E-state index contributed by atoms with van der Waals surface area (Å²) in [5, 5.41) is 10.6. The summed E-state index contributed by atoms with van der Waals surface area (Å²) in [5.41, 5.74) is 6.06. The van der Waals surface area contributed by atoms with Crippen LogP contribution in [0.2, 0.25) is 0 Å². The Morgan fingerprint density at radius 1 is 1.20 bits per heavy atom. The molecule has 6 heteroatoms. The number of amides is 1. The van der Waals surface area contributed by atoms with Gasteiger partial charge < -0.3 is 15.5 Å². The Bertz CT molecular complexity index is 979. The van der Waals surface area contributed by atoms with Crippen LogP contribution in [0.1, 0.15) is 74.1 Å². The number of rotatable bonds is 16. The lowest BCUT2D eigenvalue weighted by Crippen LogP contribution is -2.42. The number of hydrogen-bond acceptors (Lipinski definition) is 4. The van der Waals surface area contributed by atoms with E-state index in [1.54, 1.807) is 7.05 Å². The van der Waals surface area contributed by atoms with Gasteiger partial charge in [0.1, 0.15) is 6.04 Å². The molecule has 0 spiro atoms. The molecule has 1 atom stereocenters. The first-order chi connectivity index (χ1) is 17.1. The summed E-state index contributed by atoms with van der Waals surface area (Å²) in [5.74, 6) is 0.0452. The Labute approximate surface area is 211 Å². The van der Waals surface area contributed by atoms with Gasteiger partial charge in [0.05, 0.1) is 6.20 Å². The quantitative estimate of drug-likeness (QED) is 0.262. The molecule has 2 aromatic rings. The molecule has 190 valence electrons. The van der Waals surface area contributed by atoms with Gasteiger partial charge in [-0.3, -0.25) is 9.48 Å². The molecule has 1 aromatic heterocycles. The molecule has 0 radical (unpaired) electrons. The molecule has 3 rings (SSSR count). The summed E-state index contributed by atoms with van der Waals surface area (Å²) in [6.45, 7) is 13.9. The van der Waals surface area contributed by atoms with Gasteiger partial charge in [0.2, 0.25) is 5.91 Å². The third kappa shape index (κ3) is 7.56. The molecule has 0 fully saturated rings. The minimum atomic E-state index is -0.204. The number of hydrogen-bond donors (Lipinski definition) is 2. The molecule has 0 saturated carbocycles. The summed E-state index contributed by atoms with van der Waals surface area (Å²) >= 11 is 0. The molecule has 1 unspecified atom stereocenters. The summed E-state index contributed by atoms with van der Waals surface area (Å²) in [6, 6.07) is 6.54. The van der Waals surface area contributed by atoms with Crippen molar-refractivity contribution in [1.29, 1.82) is 0 Å². The number of fused-ring (bicyclic) bond motifs is 1. The molecule has 2 N–H and O–H groups in total. The Hall–Kier alpha value is -2.86. The number of aromatic nitrogens is 2. The number of carbonyl (C=O) groups excluding carboxylic acids is 1. The van der Waals surface area contributed by atoms with Crippen molar-refractivity contribution in [3.63, 3.8) is 0 Å². The molecule has 1 aliphatic heterocycles. The Kier molecular flexibility index (Phi) is 10.6. The lowest BCUT2D eigenvalue weighted by atomic mass is 10.0. The lowest BCUT2D eigenvalue weighted by molar-refractivity contribution is -0.125. The molecule has 1 aromatic carbocycles. The minimum Gasteiger partial charge on any atom is -0.357 e. The summed E-state index contributed by atoms with van der Waals surface area (Å²) in [6.07, 6.45) is 14.9. The summed E-state index contributed by atoms with van der Waals surface area (Å²) in [7, 11) is 1.70. The monoisotopic (exact) mass is 477 g/mol. The van der Waals surface area contributed by atoms with Crippen LogP contribution >= 0.6 is 0 Å². The summed E-state index contributed by atoms with van der Waals surface area (Å²) < 4.78 is 1.97. The van der Waals surface area contributed by atoms with E-state index in [0.717, 1.165) is 51.1 Å². The largest absolute Gasteiger partial charge is 0.357 e. The second-order valence-electron chi connectivity index (χ2n) is 9.46. The van der Waals surface area contributed by atoms with E-state index in [0.29, 0.717) is 0 Å². The molecule has 35 heavy (non-hydrogen) atoms. The van der Waals surface area contributed by atoms with Crippen molar-refractivity contribution in [3.05, 3.63) is 72.1 Å². The fraction of sp³-hybridized carbons (Fsp3) is 0.517. The number of unbranched alkanes of at least 4 members (excludes halogenated alkanes) is 4. The molecule has 2 heterocycles. The van der Waals surface area contributed by atoms with Crippen LogP contribution in [-0.4, -0.2) is 40.2 Å². The van der Waals surface area contributed by atoms with E-state index in [-0.39, 0.29) is 11.9 Å². The maximum atomic E-state index is 12.5. The van der Waals surface area contributed by atoms with Crippen LogP contribution in [0.3, 0.4) is 0 Å². The van der Waals surface area contributed by atoms with Gasteiger partial charge in [0.25, 0.3) is 0 Å². The highest BCUT2D eigenvalue weighted by Crippen LogP contribution is 2.35. The molecule has 0 aliphatic carbocycles. The van der Waals surface area contributed by atoms with Gasteiger partial charge in [-0.2, -0.15) is 5.10 Å². The first-order valence-corrected chi connectivity index (χ1v) is 13.2. The maximum Gasteiger partial charge on any atom is 0.242 e. The summed E-state index contributed by atoms with van der Waals surface area (Å²) in [4.78, 5) is 14.6. The lowest BCUT2D eigenvalue weighted by Gasteiger charge is -2.28. The van der Waals surface area contributed by atoms with Crippen molar-refractivity contribution in [1.82, 2.24) is 25.3 Å². The number of allylic oxidation sites excluding steroid dienone is 1. The topological polar surface area (TPSA) is 62.2 Å². The number of aryl methyl sites for hydroxylation is 2. The van der Waals surface area contributed by atoms with Crippen molar-refractivity contribution in [2.24, 2.45) is 0 Å².